The number of thioether (sulfide) groups is 2. The van der Waals surface area contributed by atoms with Crippen LogP contribution in [0, 0.1) is 6.92 Å². The zero-order valence-electron chi connectivity index (χ0n) is 13.8. The van der Waals surface area contributed by atoms with Crippen molar-refractivity contribution in [2.45, 2.75) is 13.0 Å². The van der Waals surface area contributed by atoms with Crippen molar-refractivity contribution in [3.63, 3.8) is 0 Å². The molecule has 1 aromatic rings. The Morgan fingerprint density at radius 3 is 2.56 bits per heavy atom. The molecular weight excluding hydrogens is 362 g/mol. The highest BCUT2D eigenvalue weighted by Crippen LogP contribution is 2.25. The molecule has 7 nitrogen and oxygen atoms in total. The molecule has 9 heteroatoms. The third-order valence-corrected chi connectivity index (χ3v) is 6.24. The lowest BCUT2D eigenvalue weighted by molar-refractivity contribution is -0.134. The number of carboxylic acids is 1. The van der Waals surface area contributed by atoms with E-state index in [2.05, 4.69) is 4.98 Å². The third kappa shape index (κ3) is 3.77. The van der Waals surface area contributed by atoms with Gasteiger partial charge in [0.2, 0.25) is 5.91 Å². The van der Waals surface area contributed by atoms with Crippen molar-refractivity contribution in [1.29, 1.82) is 0 Å². The summed E-state index contributed by atoms with van der Waals surface area (Å²) in [6.45, 7) is 3.00. The van der Waals surface area contributed by atoms with Gasteiger partial charge >= 0.3 is 5.97 Å². The van der Waals surface area contributed by atoms with Crippen molar-refractivity contribution in [3.05, 3.63) is 29.1 Å². The average molecular weight is 381 g/mol. The summed E-state index contributed by atoms with van der Waals surface area (Å²) in [5.74, 6) is 1.48. The van der Waals surface area contributed by atoms with Crippen LogP contribution in [-0.2, 0) is 4.79 Å². The monoisotopic (exact) mass is 381 g/mol. The van der Waals surface area contributed by atoms with E-state index < -0.39 is 12.0 Å². The van der Waals surface area contributed by atoms with Crippen LogP contribution >= 0.6 is 23.5 Å². The Morgan fingerprint density at radius 1 is 1.20 bits per heavy atom. The van der Waals surface area contributed by atoms with E-state index in [0.717, 1.165) is 24.6 Å². The average Bonchev–Trinajstić information content (AvgIpc) is 3.10. The molecule has 3 heterocycles. The minimum Gasteiger partial charge on any atom is -0.478 e. The highest BCUT2D eigenvalue weighted by Gasteiger charge is 2.38. The number of nitrogens with zero attached hydrogens (tertiary/aromatic N) is 3. The van der Waals surface area contributed by atoms with E-state index in [1.54, 1.807) is 23.6 Å². The second-order valence-electron chi connectivity index (χ2n) is 5.86. The molecule has 0 saturated carbocycles. The Kier molecular flexibility index (Phi) is 5.53. The molecule has 3 rings (SSSR count). The van der Waals surface area contributed by atoms with E-state index in [4.69, 9.17) is 5.11 Å². The van der Waals surface area contributed by atoms with Crippen molar-refractivity contribution in [1.82, 2.24) is 14.8 Å². The number of carbonyl (C=O) groups is 3. The number of amides is 2. The molecule has 0 spiro atoms. The first-order valence-electron chi connectivity index (χ1n) is 7.95. The van der Waals surface area contributed by atoms with Crippen LogP contribution in [0.5, 0.6) is 0 Å². The van der Waals surface area contributed by atoms with E-state index in [-0.39, 0.29) is 23.1 Å². The fraction of sp³-hybridized carbons (Fsp3) is 0.500. The number of aromatic carboxylic acids is 1. The van der Waals surface area contributed by atoms with Crippen molar-refractivity contribution < 1.29 is 19.5 Å². The Labute approximate surface area is 154 Å². The fourth-order valence-electron chi connectivity index (χ4n) is 2.90. The number of carboxylic acid groups (broad SMARTS) is 1. The van der Waals surface area contributed by atoms with Gasteiger partial charge in [0.25, 0.3) is 5.91 Å². The van der Waals surface area contributed by atoms with Crippen LogP contribution in [0.25, 0.3) is 0 Å². The van der Waals surface area contributed by atoms with Crippen LogP contribution in [-0.4, -0.2) is 79.9 Å². The molecular formula is C16H19N3O4S2. The second-order valence-corrected chi connectivity index (χ2v) is 8.09. The summed E-state index contributed by atoms with van der Waals surface area (Å²) in [5, 5.41) is 9.08. The number of carbonyl (C=O) groups excluding carboxylic acids is 2. The summed E-state index contributed by atoms with van der Waals surface area (Å²) in [4.78, 5) is 44.2. The van der Waals surface area contributed by atoms with E-state index >= 15 is 0 Å². The summed E-state index contributed by atoms with van der Waals surface area (Å²) < 4.78 is 0. The smallest absolute Gasteiger partial charge is 0.337 e. The van der Waals surface area contributed by atoms with Gasteiger partial charge in [-0.15, -0.1) is 11.8 Å². The lowest BCUT2D eigenvalue weighted by Crippen LogP contribution is -2.51. The highest BCUT2D eigenvalue weighted by atomic mass is 32.2. The molecule has 0 radical (unpaired) electrons. The molecule has 2 aliphatic heterocycles. The number of pyridine rings is 1. The van der Waals surface area contributed by atoms with E-state index in [0.29, 0.717) is 17.3 Å². The van der Waals surface area contributed by atoms with Gasteiger partial charge in [-0.05, 0) is 19.1 Å². The van der Waals surface area contributed by atoms with Crippen LogP contribution < -0.4 is 0 Å². The molecule has 2 aliphatic rings. The Balaban J connectivity index is 1.77. The van der Waals surface area contributed by atoms with Crippen molar-refractivity contribution in [2.75, 3.05) is 36.2 Å². The number of aryl methyl sites for hydroxylation is 1. The molecule has 25 heavy (non-hydrogen) atoms. The Hall–Kier alpha value is -1.74. The molecule has 1 N–H and O–H groups in total. The van der Waals surface area contributed by atoms with Crippen LogP contribution in [0.1, 0.15) is 26.5 Å². The van der Waals surface area contributed by atoms with Crippen LogP contribution in [0.15, 0.2) is 12.1 Å². The second kappa shape index (κ2) is 7.65. The van der Waals surface area contributed by atoms with Gasteiger partial charge in [-0.2, -0.15) is 11.8 Å². The number of hydrogen-bond donors (Lipinski definition) is 1. The Bertz CT molecular complexity index is 707. The number of hydrogen-bond acceptors (Lipinski definition) is 6. The molecule has 2 amide bonds. The van der Waals surface area contributed by atoms with Gasteiger partial charge in [0.1, 0.15) is 11.7 Å². The van der Waals surface area contributed by atoms with Gasteiger partial charge in [-0.1, -0.05) is 0 Å². The molecule has 1 aromatic heterocycles. The van der Waals surface area contributed by atoms with E-state index in [9.17, 15) is 14.4 Å². The molecule has 2 fully saturated rings. The van der Waals surface area contributed by atoms with Gasteiger partial charge in [-0.3, -0.25) is 9.59 Å². The van der Waals surface area contributed by atoms with Gasteiger partial charge in [-0.25, -0.2) is 9.78 Å². The summed E-state index contributed by atoms with van der Waals surface area (Å²) >= 11 is 3.38. The zero-order chi connectivity index (χ0) is 18.0. The molecule has 134 valence electrons. The van der Waals surface area contributed by atoms with Gasteiger partial charge in [0, 0.05) is 30.3 Å². The van der Waals surface area contributed by atoms with Crippen molar-refractivity contribution >= 4 is 41.3 Å². The van der Waals surface area contributed by atoms with Crippen LogP contribution in [0.2, 0.25) is 0 Å². The lowest BCUT2D eigenvalue weighted by Gasteiger charge is -2.31. The SMILES string of the molecule is Cc1nc(C(=O)N2CSCC2C(=O)N2CCSCC2)ccc1C(=O)O. The predicted octanol–water partition coefficient (Wildman–Crippen LogP) is 1.18. The van der Waals surface area contributed by atoms with E-state index in [1.807, 2.05) is 16.7 Å². The molecule has 0 aliphatic carbocycles. The molecule has 1 atom stereocenters. The predicted molar refractivity (Wildman–Crippen MR) is 97.1 cm³/mol. The minimum atomic E-state index is -1.07. The normalized spacial score (nSPS) is 20.6. The maximum atomic E-state index is 12.8. The van der Waals surface area contributed by atoms with Gasteiger partial charge in [0.05, 0.1) is 17.1 Å². The minimum absolute atomic E-state index is 0.00229. The van der Waals surface area contributed by atoms with Gasteiger partial charge in [0.15, 0.2) is 0 Å². The zero-order valence-corrected chi connectivity index (χ0v) is 15.4. The first kappa shape index (κ1) is 18.1. The quantitative estimate of drug-likeness (QED) is 0.841. The summed E-state index contributed by atoms with van der Waals surface area (Å²) in [6, 6.07) is 2.34. The van der Waals surface area contributed by atoms with Crippen molar-refractivity contribution in [3.8, 4) is 0 Å². The lowest BCUT2D eigenvalue weighted by atomic mass is 10.1. The first-order valence-corrected chi connectivity index (χ1v) is 10.3. The largest absolute Gasteiger partial charge is 0.478 e. The summed E-state index contributed by atoms with van der Waals surface area (Å²) in [6.07, 6.45) is 0. The number of rotatable bonds is 3. The first-order chi connectivity index (χ1) is 12.0. The fourth-order valence-corrected chi connectivity index (χ4v) is 4.94. The van der Waals surface area contributed by atoms with Crippen LogP contribution in [0.3, 0.4) is 0 Å². The molecule has 0 bridgehead atoms. The third-order valence-electron chi connectivity index (χ3n) is 4.29. The van der Waals surface area contributed by atoms with E-state index in [1.165, 1.54) is 12.1 Å². The standard InChI is InChI=1S/C16H19N3O4S2/c1-10-11(16(22)23)2-3-12(17-10)14(20)19-9-25-8-13(19)15(21)18-4-6-24-7-5-18/h2-3,13H,4-9H2,1H3,(H,22,23). The number of aromatic nitrogens is 1. The molecule has 2 saturated heterocycles. The maximum absolute atomic E-state index is 12.8. The van der Waals surface area contributed by atoms with Crippen molar-refractivity contribution in [2.24, 2.45) is 0 Å². The Morgan fingerprint density at radius 2 is 1.92 bits per heavy atom. The highest BCUT2D eigenvalue weighted by molar-refractivity contribution is 7.99. The topological polar surface area (TPSA) is 90.8 Å². The van der Waals surface area contributed by atoms with Gasteiger partial charge < -0.3 is 14.9 Å². The van der Waals surface area contributed by atoms with Crippen LogP contribution in [0.4, 0.5) is 0 Å². The summed E-state index contributed by atoms with van der Waals surface area (Å²) in [7, 11) is 0. The molecule has 1 unspecified atom stereocenters. The maximum Gasteiger partial charge on any atom is 0.337 e. The summed E-state index contributed by atoms with van der Waals surface area (Å²) in [5.41, 5.74) is 0.545. The molecule has 0 aromatic carbocycles.